The summed E-state index contributed by atoms with van der Waals surface area (Å²) in [4.78, 5) is 11.6. The second-order valence-corrected chi connectivity index (χ2v) is 8.47. The lowest BCUT2D eigenvalue weighted by Crippen LogP contribution is -2.31. The van der Waals surface area contributed by atoms with E-state index in [9.17, 15) is 4.79 Å². The fraction of sp³-hybridized carbons (Fsp3) is 0.909. The van der Waals surface area contributed by atoms with E-state index in [1.165, 1.54) is 31.8 Å². The molecule has 2 aliphatic carbocycles. The minimum atomic E-state index is 0.219. The summed E-state index contributed by atoms with van der Waals surface area (Å²) in [6.45, 7) is 2.35. The Morgan fingerprint density at radius 3 is 1.92 bits per heavy atom. The molecular weight excluding hydrogens is 179 g/mol. The fourth-order valence-corrected chi connectivity index (χ4v) is 7.73. The number of carbonyl (C=O) groups excluding carboxylic acids is 1. The van der Waals surface area contributed by atoms with Crippen molar-refractivity contribution in [1.82, 2.24) is 0 Å². The van der Waals surface area contributed by atoms with Crippen molar-refractivity contribution in [3.05, 3.63) is 0 Å². The molecule has 2 spiro atoms. The summed E-state index contributed by atoms with van der Waals surface area (Å²) in [5, 5.41) is 1.16. The normalized spacial score (nSPS) is 34.1. The van der Waals surface area contributed by atoms with Crippen LogP contribution in [0.1, 0.15) is 45.4 Å². The zero-order valence-electron chi connectivity index (χ0n) is 8.31. The van der Waals surface area contributed by atoms with E-state index in [1.807, 2.05) is 0 Å². The van der Waals surface area contributed by atoms with Gasteiger partial charge in [-0.05, 0) is 42.2 Å². The van der Waals surface area contributed by atoms with Crippen LogP contribution >= 0.6 is 7.92 Å². The minimum absolute atomic E-state index is 0.219. The Labute approximate surface area is 81.0 Å². The molecule has 0 unspecified atom stereocenters. The second-order valence-electron chi connectivity index (χ2n) is 5.09. The lowest BCUT2D eigenvalue weighted by atomic mass is 10.1. The van der Waals surface area contributed by atoms with Gasteiger partial charge in [-0.1, -0.05) is 14.8 Å². The fourth-order valence-electron chi connectivity index (χ4n) is 3.34. The standard InChI is InChI=1S/C11H17OP/c1-2-13-10(3-4-10)7-9(12)8-11(13)5-6-11/h2-8H2,1H3. The van der Waals surface area contributed by atoms with Crippen molar-refractivity contribution >= 4 is 13.7 Å². The molecule has 0 aromatic heterocycles. The first-order valence-corrected chi connectivity index (χ1v) is 7.03. The van der Waals surface area contributed by atoms with E-state index in [0.717, 1.165) is 12.8 Å². The monoisotopic (exact) mass is 196 g/mol. The average molecular weight is 196 g/mol. The van der Waals surface area contributed by atoms with Gasteiger partial charge in [0.15, 0.2) is 0 Å². The predicted molar refractivity (Wildman–Crippen MR) is 55.6 cm³/mol. The van der Waals surface area contributed by atoms with Gasteiger partial charge in [0, 0.05) is 12.8 Å². The summed E-state index contributed by atoms with van der Waals surface area (Å²) in [5.41, 5.74) is 0. The van der Waals surface area contributed by atoms with Crippen molar-refractivity contribution in [3.63, 3.8) is 0 Å². The highest BCUT2D eigenvalue weighted by Gasteiger charge is 2.64. The molecule has 0 bridgehead atoms. The highest BCUT2D eigenvalue weighted by atomic mass is 31.1. The Hall–Kier alpha value is 0.100. The lowest BCUT2D eigenvalue weighted by Gasteiger charge is -2.38. The van der Waals surface area contributed by atoms with Crippen molar-refractivity contribution < 1.29 is 4.79 Å². The van der Waals surface area contributed by atoms with Gasteiger partial charge in [0.1, 0.15) is 5.78 Å². The van der Waals surface area contributed by atoms with Crippen LogP contribution in [0.2, 0.25) is 0 Å². The van der Waals surface area contributed by atoms with E-state index < -0.39 is 0 Å². The van der Waals surface area contributed by atoms with Crippen molar-refractivity contribution in [1.29, 1.82) is 0 Å². The Balaban J connectivity index is 1.92. The van der Waals surface area contributed by atoms with E-state index in [4.69, 9.17) is 0 Å². The van der Waals surface area contributed by atoms with Gasteiger partial charge in [0.2, 0.25) is 0 Å². The third-order valence-electron chi connectivity index (χ3n) is 4.17. The Bertz CT molecular complexity index is 239. The van der Waals surface area contributed by atoms with Gasteiger partial charge >= 0.3 is 0 Å². The number of Topliss-reactive ketones (excluding diaryl/α,β-unsaturated/α-hetero) is 1. The molecule has 1 aliphatic heterocycles. The molecule has 1 nitrogen and oxygen atoms in total. The van der Waals surface area contributed by atoms with Crippen molar-refractivity contribution in [2.75, 3.05) is 6.16 Å². The van der Waals surface area contributed by atoms with E-state index in [-0.39, 0.29) is 7.92 Å². The van der Waals surface area contributed by atoms with E-state index in [1.54, 1.807) is 0 Å². The van der Waals surface area contributed by atoms with Crippen LogP contribution in [0.4, 0.5) is 0 Å². The second kappa shape index (κ2) is 2.37. The molecule has 72 valence electrons. The van der Waals surface area contributed by atoms with E-state index in [2.05, 4.69) is 6.92 Å². The van der Waals surface area contributed by atoms with Crippen LogP contribution in [-0.2, 0) is 4.79 Å². The van der Waals surface area contributed by atoms with Gasteiger partial charge in [-0.2, -0.15) is 0 Å². The molecule has 2 saturated carbocycles. The number of carbonyl (C=O) groups is 1. The summed E-state index contributed by atoms with van der Waals surface area (Å²) in [6.07, 6.45) is 8.78. The van der Waals surface area contributed by atoms with Crippen LogP contribution < -0.4 is 0 Å². The molecule has 3 fully saturated rings. The zero-order valence-corrected chi connectivity index (χ0v) is 9.20. The van der Waals surface area contributed by atoms with Crippen LogP contribution in [0.15, 0.2) is 0 Å². The van der Waals surface area contributed by atoms with Crippen molar-refractivity contribution in [2.24, 2.45) is 0 Å². The topological polar surface area (TPSA) is 17.1 Å². The van der Waals surface area contributed by atoms with Crippen molar-refractivity contribution in [2.45, 2.75) is 55.8 Å². The van der Waals surface area contributed by atoms with Crippen LogP contribution in [0.3, 0.4) is 0 Å². The summed E-state index contributed by atoms with van der Waals surface area (Å²) in [7, 11) is 0.219. The maximum Gasteiger partial charge on any atom is 0.134 e. The first-order chi connectivity index (χ1) is 6.21. The SMILES string of the molecule is CCP1C2(CC2)CC(=O)CC12CC2. The van der Waals surface area contributed by atoms with Crippen molar-refractivity contribution in [3.8, 4) is 0 Å². The summed E-state index contributed by atoms with van der Waals surface area (Å²) in [5.74, 6) is 0.585. The molecule has 1 heterocycles. The molecule has 1 saturated heterocycles. The number of rotatable bonds is 1. The predicted octanol–water partition coefficient (Wildman–Crippen LogP) is 2.92. The first kappa shape index (κ1) is 8.41. The molecule has 3 rings (SSSR count). The Kier molecular flexibility index (Phi) is 1.53. The largest absolute Gasteiger partial charge is 0.300 e. The molecule has 3 aliphatic rings. The molecule has 0 N–H and O–H groups in total. The average Bonchev–Trinajstić information content (AvgIpc) is 2.93. The lowest BCUT2D eigenvalue weighted by molar-refractivity contribution is -0.119. The van der Waals surface area contributed by atoms with Crippen LogP contribution in [0, 0.1) is 0 Å². The van der Waals surface area contributed by atoms with Crippen LogP contribution in [0.5, 0.6) is 0 Å². The van der Waals surface area contributed by atoms with E-state index in [0.29, 0.717) is 16.1 Å². The summed E-state index contributed by atoms with van der Waals surface area (Å²) >= 11 is 0. The first-order valence-electron chi connectivity index (χ1n) is 5.50. The quantitative estimate of drug-likeness (QED) is 0.589. The van der Waals surface area contributed by atoms with Crippen LogP contribution in [-0.4, -0.2) is 22.3 Å². The summed E-state index contributed by atoms with van der Waals surface area (Å²) in [6, 6.07) is 0. The maximum absolute atomic E-state index is 11.6. The molecule has 13 heavy (non-hydrogen) atoms. The van der Waals surface area contributed by atoms with E-state index >= 15 is 0 Å². The smallest absolute Gasteiger partial charge is 0.134 e. The Morgan fingerprint density at radius 2 is 1.62 bits per heavy atom. The number of hydrogen-bond donors (Lipinski definition) is 0. The Morgan fingerprint density at radius 1 is 1.15 bits per heavy atom. The third kappa shape index (κ3) is 1.06. The van der Waals surface area contributed by atoms with Gasteiger partial charge in [-0.15, -0.1) is 0 Å². The highest BCUT2D eigenvalue weighted by molar-refractivity contribution is 7.62. The molecule has 2 heteroatoms. The van der Waals surface area contributed by atoms with Gasteiger partial charge < -0.3 is 0 Å². The van der Waals surface area contributed by atoms with Gasteiger partial charge in [-0.3, -0.25) is 4.79 Å². The third-order valence-corrected chi connectivity index (χ3v) is 8.30. The molecule has 0 aromatic carbocycles. The zero-order chi connectivity index (χ0) is 9.10. The number of hydrogen-bond acceptors (Lipinski definition) is 1. The van der Waals surface area contributed by atoms with Gasteiger partial charge in [0.25, 0.3) is 0 Å². The molecular formula is C11H17OP. The molecule has 0 atom stereocenters. The molecule has 0 radical (unpaired) electrons. The molecule has 0 aromatic rings. The summed E-state index contributed by atoms with van der Waals surface area (Å²) < 4.78 is 0. The maximum atomic E-state index is 11.6. The molecule has 0 amide bonds. The van der Waals surface area contributed by atoms with Gasteiger partial charge in [0.05, 0.1) is 0 Å². The number of ketones is 1. The minimum Gasteiger partial charge on any atom is -0.300 e. The van der Waals surface area contributed by atoms with Gasteiger partial charge in [-0.25, -0.2) is 0 Å². The van der Waals surface area contributed by atoms with Crippen LogP contribution in [0.25, 0.3) is 0 Å². The highest BCUT2D eigenvalue weighted by Crippen LogP contribution is 2.80.